The maximum atomic E-state index is 8.63. The van der Waals surface area contributed by atoms with Crippen LogP contribution in [0.4, 0.5) is 5.69 Å². The van der Waals surface area contributed by atoms with Gasteiger partial charge in [0.1, 0.15) is 11.8 Å². The van der Waals surface area contributed by atoms with E-state index in [9.17, 15) is 0 Å². The first-order valence-electron chi connectivity index (χ1n) is 5.50. The Hall–Kier alpha value is -2.72. The molecule has 0 atom stereocenters. The van der Waals surface area contributed by atoms with Crippen molar-refractivity contribution >= 4 is 5.69 Å². The number of rotatable bonds is 4. The highest BCUT2D eigenvalue weighted by molar-refractivity contribution is 5.45. The van der Waals surface area contributed by atoms with Crippen LogP contribution in [0.2, 0.25) is 0 Å². The second kappa shape index (κ2) is 5.56. The average Bonchev–Trinajstić information content (AvgIpc) is 2.86. The summed E-state index contributed by atoms with van der Waals surface area (Å²) in [6, 6.07) is 15.1. The summed E-state index contributed by atoms with van der Waals surface area (Å²) in [6.07, 6.45) is 0.421. The van der Waals surface area contributed by atoms with Crippen LogP contribution in [0.5, 0.6) is 0 Å². The van der Waals surface area contributed by atoms with Gasteiger partial charge in [0.15, 0.2) is 0 Å². The van der Waals surface area contributed by atoms with Gasteiger partial charge in [-0.05, 0) is 29.8 Å². The lowest BCUT2D eigenvalue weighted by atomic mass is 10.1. The van der Waals surface area contributed by atoms with Crippen LogP contribution in [-0.4, -0.2) is 0 Å². The lowest BCUT2D eigenvalue weighted by Gasteiger charge is -2.04. The number of anilines is 1. The first-order valence-corrected chi connectivity index (χ1v) is 5.50. The van der Waals surface area contributed by atoms with E-state index in [1.54, 1.807) is 12.1 Å². The van der Waals surface area contributed by atoms with Gasteiger partial charge in [-0.2, -0.15) is 10.5 Å². The Bertz CT molecular complexity index is 599. The lowest BCUT2D eigenvalue weighted by Crippen LogP contribution is -1.98. The predicted molar refractivity (Wildman–Crippen MR) is 66.5 cm³/mol. The first kappa shape index (κ1) is 11.8. The molecule has 2 rings (SSSR count). The fourth-order valence-corrected chi connectivity index (χ4v) is 1.55. The van der Waals surface area contributed by atoms with Crippen molar-refractivity contribution < 1.29 is 4.42 Å². The van der Waals surface area contributed by atoms with E-state index < -0.39 is 0 Å². The second-order valence-corrected chi connectivity index (χ2v) is 3.76. The standard InChI is InChI=1S/C14H11N3O/c15-8-7-11-1-3-12(4-2-11)17-10-14-6-5-13(9-16)18-14/h1-6,17H,7,10H2. The number of hydrogen-bond donors (Lipinski definition) is 1. The van der Waals surface area contributed by atoms with Crippen molar-refractivity contribution in [1.82, 2.24) is 0 Å². The van der Waals surface area contributed by atoms with E-state index in [2.05, 4.69) is 11.4 Å². The van der Waals surface area contributed by atoms with E-state index >= 15 is 0 Å². The molecule has 4 heteroatoms. The van der Waals surface area contributed by atoms with Crippen molar-refractivity contribution in [2.45, 2.75) is 13.0 Å². The monoisotopic (exact) mass is 237 g/mol. The van der Waals surface area contributed by atoms with E-state index in [-0.39, 0.29) is 0 Å². The molecule has 0 spiro atoms. The highest BCUT2D eigenvalue weighted by Gasteiger charge is 2.00. The zero-order valence-corrected chi connectivity index (χ0v) is 9.68. The minimum atomic E-state index is 0.316. The SMILES string of the molecule is N#CCc1ccc(NCc2ccc(C#N)o2)cc1. The summed E-state index contributed by atoms with van der Waals surface area (Å²) in [5, 5.41) is 20.4. The van der Waals surface area contributed by atoms with Gasteiger partial charge in [0.05, 0.1) is 19.0 Å². The molecular formula is C14H11N3O. The van der Waals surface area contributed by atoms with E-state index in [1.807, 2.05) is 30.3 Å². The number of nitrogens with zero attached hydrogens (tertiary/aromatic N) is 2. The molecule has 1 N–H and O–H groups in total. The zero-order chi connectivity index (χ0) is 12.8. The Balaban J connectivity index is 1.94. The molecule has 0 amide bonds. The van der Waals surface area contributed by atoms with Gasteiger partial charge in [0, 0.05) is 5.69 Å². The summed E-state index contributed by atoms with van der Waals surface area (Å²) in [5.74, 6) is 1.03. The number of nitrogens with one attached hydrogen (secondary N) is 1. The number of hydrogen-bond acceptors (Lipinski definition) is 4. The number of nitriles is 2. The molecule has 0 fully saturated rings. The minimum Gasteiger partial charge on any atom is -0.449 e. The van der Waals surface area contributed by atoms with Crippen LogP contribution in [-0.2, 0) is 13.0 Å². The van der Waals surface area contributed by atoms with Gasteiger partial charge < -0.3 is 9.73 Å². The Morgan fingerprint density at radius 3 is 2.44 bits per heavy atom. The molecule has 0 saturated carbocycles. The highest BCUT2D eigenvalue weighted by atomic mass is 16.3. The molecule has 1 aromatic carbocycles. The van der Waals surface area contributed by atoms with Gasteiger partial charge in [-0.1, -0.05) is 12.1 Å². The van der Waals surface area contributed by atoms with Gasteiger partial charge >= 0.3 is 0 Å². The zero-order valence-electron chi connectivity index (χ0n) is 9.68. The van der Waals surface area contributed by atoms with Crippen molar-refractivity contribution in [1.29, 1.82) is 10.5 Å². The minimum absolute atomic E-state index is 0.316. The van der Waals surface area contributed by atoms with Crippen LogP contribution in [0.15, 0.2) is 40.8 Å². The molecular weight excluding hydrogens is 226 g/mol. The van der Waals surface area contributed by atoms with Gasteiger partial charge in [-0.15, -0.1) is 0 Å². The maximum absolute atomic E-state index is 8.63. The summed E-state index contributed by atoms with van der Waals surface area (Å²) < 4.78 is 5.25. The lowest BCUT2D eigenvalue weighted by molar-refractivity contribution is 0.506. The molecule has 0 aliphatic carbocycles. The Labute approximate surface area is 105 Å². The molecule has 0 radical (unpaired) electrons. The maximum Gasteiger partial charge on any atom is 0.203 e. The summed E-state index contributed by atoms with van der Waals surface area (Å²) in [5.41, 5.74) is 1.94. The molecule has 0 aliphatic heterocycles. The van der Waals surface area contributed by atoms with Crippen molar-refractivity contribution in [3.63, 3.8) is 0 Å². The first-order chi connectivity index (χ1) is 8.81. The summed E-state index contributed by atoms with van der Waals surface area (Å²) in [4.78, 5) is 0. The van der Waals surface area contributed by atoms with Crippen molar-refractivity contribution in [2.75, 3.05) is 5.32 Å². The molecule has 18 heavy (non-hydrogen) atoms. The fourth-order valence-electron chi connectivity index (χ4n) is 1.55. The van der Waals surface area contributed by atoms with E-state index in [1.165, 1.54) is 0 Å². The fraction of sp³-hybridized carbons (Fsp3) is 0.143. The van der Waals surface area contributed by atoms with Crippen molar-refractivity contribution in [3.05, 3.63) is 53.5 Å². The molecule has 1 heterocycles. The largest absolute Gasteiger partial charge is 0.449 e. The van der Waals surface area contributed by atoms with Gasteiger partial charge in [-0.25, -0.2) is 0 Å². The van der Waals surface area contributed by atoms with Crippen LogP contribution < -0.4 is 5.32 Å². The Morgan fingerprint density at radius 2 is 1.83 bits per heavy atom. The van der Waals surface area contributed by atoms with Crippen LogP contribution in [0.1, 0.15) is 17.1 Å². The summed E-state index contributed by atoms with van der Waals surface area (Å²) >= 11 is 0. The number of furan rings is 1. The Morgan fingerprint density at radius 1 is 1.06 bits per heavy atom. The van der Waals surface area contributed by atoms with Crippen LogP contribution in [0.25, 0.3) is 0 Å². The third kappa shape index (κ3) is 2.90. The molecule has 0 saturated heterocycles. The van der Waals surface area contributed by atoms with Crippen LogP contribution in [0.3, 0.4) is 0 Å². The highest BCUT2D eigenvalue weighted by Crippen LogP contribution is 2.13. The van der Waals surface area contributed by atoms with Gasteiger partial charge in [-0.3, -0.25) is 0 Å². The quantitative estimate of drug-likeness (QED) is 0.887. The molecule has 0 unspecified atom stereocenters. The topological polar surface area (TPSA) is 72.8 Å². The third-order valence-corrected chi connectivity index (χ3v) is 2.48. The summed E-state index contributed by atoms with van der Waals surface area (Å²) in [6.45, 7) is 0.527. The Kier molecular flexibility index (Phi) is 3.63. The third-order valence-electron chi connectivity index (χ3n) is 2.48. The molecule has 4 nitrogen and oxygen atoms in total. The smallest absolute Gasteiger partial charge is 0.203 e. The van der Waals surface area contributed by atoms with Gasteiger partial charge in [0.25, 0.3) is 0 Å². The predicted octanol–water partition coefficient (Wildman–Crippen LogP) is 2.83. The molecule has 0 bridgehead atoms. The number of benzene rings is 1. The van der Waals surface area contributed by atoms with Crippen LogP contribution >= 0.6 is 0 Å². The van der Waals surface area contributed by atoms with E-state index in [0.717, 1.165) is 11.3 Å². The van der Waals surface area contributed by atoms with Gasteiger partial charge in [0.2, 0.25) is 5.76 Å². The second-order valence-electron chi connectivity index (χ2n) is 3.76. The molecule has 2 aromatic rings. The molecule has 0 aliphatic rings. The molecule has 88 valence electrons. The van der Waals surface area contributed by atoms with E-state index in [0.29, 0.717) is 24.5 Å². The summed E-state index contributed by atoms with van der Waals surface area (Å²) in [7, 11) is 0. The molecule has 1 aromatic heterocycles. The average molecular weight is 237 g/mol. The van der Waals surface area contributed by atoms with Crippen LogP contribution in [0, 0.1) is 22.7 Å². The van der Waals surface area contributed by atoms with E-state index in [4.69, 9.17) is 14.9 Å². The van der Waals surface area contributed by atoms with Crippen molar-refractivity contribution in [2.24, 2.45) is 0 Å². The van der Waals surface area contributed by atoms with Crippen molar-refractivity contribution in [3.8, 4) is 12.1 Å². The normalized spacial score (nSPS) is 9.44.